The number of anilines is 1. The minimum atomic E-state index is -1.04. The minimum absolute atomic E-state index is 0.0642. The second kappa shape index (κ2) is 6.39. The molecule has 0 spiro atoms. The van der Waals surface area contributed by atoms with Crippen LogP contribution in [0.25, 0.3) is 0 Å². The Bertz CT molecular complexity index is 820. The molecule has 0 unspecified atom stereocenters. The van der Waals surface area contributed by atoms with Gasteiger partial charge in [0.15, 0.2) is 23.5 Å². The predicted octanol–water partition coefficient (Wildman–Crippen LogP) is 3.50. The second-order valence-corrected chi connectivity index (χ2v) is 5.58. The quantitative estimate of drug-likeness (QED) is 0.933. The highest BCUT2D eigenvalue weighted by Crippen LogP contribution is 2.31. The summed E-state index contributed by atoms with van der Waals surface area (Å²) in [4.78, 5) is 23.9. The van der Waals surface area contributed by atoms with Crippen molar-refractivity contribution >= 4 is 17.4 Å². The van der Waals surface area contributed by atoms with Crippen LogP contribution in [0, 0.1) is 11.6 Å². The zero-order chi connectivity index (χ0) is 17.3. The molecule has 0 saturated heterocycles. The Morgan fingerprint density at radius 1 is 1.17 bits per heavy atom. The maximum Gasteiger partial charge on any atom is 0.265 e. The Hall–Kier alpha value is -2.76. The van der Waals surface area contributed by atoms with Crippen molar-refractivity contribution in [2.45, 2.75) is 25.9 Å². The summed E-state index contributed by atoms with van der Waals surface area (Å²) in [5, 5.41) is 2.47. The van der Waals surface area contributed by atoms with E-state index in [4.69, 9.17) is 4.74 Å². The normalized spacial score (nSPS) is 14.2. The number of nitrogens with one attached hydrogen (secondary N) is 1. The van der Waals surface area contributed by atoms with Gasteiger partial charge in [0.2, 0.25) is 0 Å². The molecule has 6 heteroatoms. The number of ether oxygens (including phenoxy) is 1. The highest BCUT2D eigenvalue weighted by atomic mass is 19.2. The van der Waals surface area contributed by atoms with E-state index in [9.17, 15) is 18.4 Å². The molecule has 1 aliphatic carbocycles. The van der Waals surface area contributed by atoms with E-state index in [-0.39, 0.29) is 11.5 Å². The Morgan fingerprint density at radius 2 is 1.96 bits per heavy atom. The van der Waals surface area contributed by atoms with Gasteiger partial charge < -0.3 is 10.1 Å². The number of hydrogen-bond donors (Lipinski definition) is 1. The van der Waals surface area contributed by atoms with Gasteiger partial charge in [0.25, 0.3) is 5.91 Å². The Kier molecular flexibility index (Phi) is 4.29. The van der Waals surface area contributed by atoms with Crippen LogP contribution in [0.4, 0.5) is 14.5 Å². The van der Waals surface area contributed by atoms with Crippen LogP contribution in [0.15, 0.2) is 36.4 Å². The number of hydrogen-bond acceptors (Lipinski definition) is 3. The third-order valence-electron chi connectivity index (χ3n) is 3.90. The highest BCUT2D eigenvalue weighted by molar-refractivity contribution is 6.01. The summed E-state index contributed by atoms with van der Waals surface area (Å²) in [6.45, 7) is 1.55. The van der Waals surface area contributed by atoms with Crippen LogP contribution in [0.1, 0.15) is 29.3 Å². The van der Waals surface area contributed by atoms with Crippen molar-refractivity contribution in [1.82, 2.24) is 0 Å². The average Bonchev–Trinajstić information content (AvgIpc) is 2.93. The van der Waals surface area contributed by atoms with E-state index in [1.165, 1.54) is 6.07 Å². The van der Waals surface area contributed by atoms with Crippen LogP contribution in [-0.2, 0) is 11.2 Å². The van der Waals surface area contributed by atoms with Gasteiger partial charge >= 0.3 is 0 Å². The van der Waals surface area contributed by atoms with Gasteiger partial charge in [-0.1, -0.05) is 12.1 Å². The summed E-state index contributed by atoms with van der Waals surface area (Å²) in [6, 6.07) is 8.26. The number of amides is 1. The number of ketones is 1. The lowest BCUT2D eigenvalue weighted by atomic mass is 10.1. The van der Waals surface area contributed by atoms with Gasteiger partial charge in [-0.2, -0.15) is 0 Å². The molecule has 1 aliphatic rings. The third-order valence-corrected chi connectivity index (χ3v) is 3.90. The van der Waals surface area contributed by atoms with Gasteiger partial charge in [-0.3, -0.25) is 9.59 Å². The fraction of sp³-hybridized carbons (Fsp3) is 0.222. The minimum Gasteiger partial charge on any atom is -0.481 e. The zero-order valence-corrected chi connectivity index (χ0v) is 12.9. The number of benzene rings is 2. The number of fused-ring (bicyclic) bond motifs is 1. The lowest BCUT2D eigenvalue weighted by Gasteiger charge is -2.17. The Labute approximate surface area is 137 Å². The van der Waals surface area contributed by atoms with Gasteiger partial charge in [-0.25, -0.2) is 8.78 Å². The first-order valence-electron chi connectivity index (χ1n) is 7.53. The second-order valence-electron chi connectivity index (χ2n) is 5.58. The molecule has 4 nitrogen and oxygen atoms in total. The number of carbonyl (C=O) groups excluding carboxylic acids is 2. The van der Waals surface area contributed by atoms with E-state index in [1.807, 2.05) is 0 Å². The molecule has 124 valence electrons. The fourth-order valence-electron chi connectivity index (χ4n) is 2.63. The maximum atomic E-state index is 13.2. The van der Waals surface area contributed by atoms with Crippen LogP contribution in [0.5, 0.6) is 5.75 Å². The molecule has 1 amide bonds. The summed E-state index contributed by atoms with van der Waals surface area (Å²) < 4.78 is 31.7. The number of halogens is 2. The predicted molar refractivity (Wildman–Crippen MR) is 84.2 cm³/mol. The van der Waals surface area contributed by atoms with E-state index in [2.05, 4.69) is 5.32 Å². The summed E-state index contributed by atoms with van der Waals surface area (Å²) in [5.74, 6) is -1.97. The lowest BCUT2D eigenvalue weighted by molar-refractivity contribution is -0.122. The van der Waals surface area contributed by atoms with Gasteiger partial charge in [0.1, 0.15) is 5.75 Å². The number of carbonyl (C=O) groups is 2. The molecule has 0 bridgehead atoms. The van der Waals surface area contributed by atoms with Crippen molar-refractivity contribution in [3.8, 4) is 5.75 Å². The first kappa shape index (κ1) is 16.1. The average molecular weight is 331 g/mol. The topological polar surface area (TPSA) is 55.4 Å². The summed E-state index contributed by atoms with van der Waals surface area (Å²) >= 11 is 0. The standard InChI is InChI=1S/C18H15F2NO3/c1-10(18(23)21-11-5-7-14(19)15(20)9-11)24-17-4-2-3-12-13(17)6-8-16(12)22/h2-5,7,9-10H,6,8H2,1H3,(H,21,23)/t10-/m1/s1. The Balaban J connectivity index is 1.71. The van der Waals surface area contributed by atoms with E-state index in [0.717, 1.165) is 17.7 Å². The van der Waals surface area contributed by atoms with E-state index < -0.39 is 23.6 Å². The van der Waals surface area contributed by atoms with Crippen LogP contribution < -0.4 is 10.1 Å². The van der Waals surface area contributed by atoms with Crippen molar-refractivity contribution in [3.63, 3.8) is 0 Å². The van der Waals surface area contributed by atoms with E-state index >= 15 is 0 Å². The van der Waals surface area contributed by atoms with Crippen molar-refractivity contribution in [2.75, 3.05) is 5.32 Å². The van der Waals surface area contributed by atoms with Crippen molar-refractivity contribution in [1.29, 1.82) is 0 Å². The molecule has 2 aromatic rings. The molecule has 1 atom stereocenters. The monoisotopic (exact) mass is 331 g/mol. The van der Waals surface area contributed by atoms with Gasteiger partial charge in [0.05, 0.1) is 0 Å². The first-order chi connectivity index (χ1) is 11.5. The smallest absolute Gasteiger partial charge is 0.265 e. The molecule has 24 heavy (non-hydrogen) atoms. The fourth-order valence-corrected chi connectivity index (χ4v) is 2.63. The summed E-state index contributed by atoms with van der Waals surface area (Å²) in [6.07, 6.45) is 0.160. The van der Waals surface area contributed by atoms with Crippen molar-refractivity contribution in [2.24, 2.45) is 0 Å². The molecular formula is C18H15F2NO3. The molecule has 0 aliphatic heterocycles. The maximum absolute atomic E-state index is 13.2. The van der Waals surface area contributed by atoms with Crippen molar-refractivity contribution in [3.05, 3.63) is 59.2 Å². The number of rotatable bonds is 4. The number of Topliss-reactive ketones (excluding diaryl/α,β-unsaturated/α-hetero) is 1. The first-order valence-corrected chi connectivity index (χ1v) is 7.53. The molecule has 3 rings (SSSR count). The largest absolute Gasteiger partial charge is 0.481 e. The third kappa shape index (κ3) is 3.13. The molecule has 1 N–H and O–H groups in total. The van der Waals surface area contributed by atoms with Gasteiger partial charge in [0, 0.05) is 29.3 Å². The van der Waals surface area contributed by atoms with Crippen LogP contribution >= 0.6 is 0 Å². The molecular weight excluding hydrogens is 316 g/mol. The lowest BCUT2D eigenvalue weighted by Crippen LogP contribution is -2.30. The summed E-state index contributed by atoms with van der Waals surface area (Å²) in [5.41, 5.74) is 1.57. The Morgan fingerprint density at radius 3 is 2.71 bits per heavy atom. The molecule has 2 aromatic carbocycles. The van der Waals surface area contributed by atoms with E-state index in [1.54, 1.807) is 25.1 Å². The van der Waals surface area contributed by atoms with Crippen LogP contribution in [0.2, 0.25) is 0 Å². The zero-order valence-electron chi connectivity index (χ0n) is 12.9. The highest BCUT2D eigenvalue weighted by Gasteiger charge is 2.24. The van der Waals surface area contributed by atoms with Crippen molar-refractivity contribution < 1.29 is 23.1 Å². The molecule has 0 aromatic heterocycles. The van der Waals surface area contributed by atoms with Crippen LogP contribution in [-0.4, -0.2) is 17.8 Å². The molecule has 0 saturated carbocycles. The van der Waals surface area contributed by atoms with Gasteiger partial charge in [-0.15, -0.1) is 0 Å². The molecule has 0 heterocycles. The molecule has 0 fully saturated rings. The SMILES string of the molecule is C[C@@H](Oc1cccc2c1CCC2=O)C(=O)Nc1ccc(F)c(F)c1. The van der Waals surface area contributed by atoms with E-state index in [0.29, 0.717) is 24.2 Å². The van der Waals surface area contributed by atoms with Gasteiger partial charge in [-0.05, 0) is 31.5 Å². The van der Waals surface area contributed by atoms with Crippen LogP contribution in [0.3, 0.4) is 0 Å². The molecule has 0 radical (unpaired) electrons. The summed E-state index contributed by atoms with van der Waals surface area (Å²) in [7, 11) is 0.